The van der Waals surface area contributed by atoms with Crippen molar-refractivity contribution in [3.05, 3.63) is 102 Å². The maximum absolute atomic E-state index is 12.1. The first kappa shape index (κ1) is 22.4. The molecule has 168 valence electrons. The van der Waals surface area contributed by atoms with E-state index in [9.17, 15) is 4.79 Å². The molecule has 0 saturated heterocycles. The lowest BCUT2D eigenvalue weighted by molar-refractivity contribution is -0.116. The number of fused-ring (bicyclic) bond motifs is 1. The molecule has 4 aromatic carbocycles. The molecule has 0 fully saturated rings. The van der Waals surface area contributed by atoms with Gasteiger partial charge in [0.1, 0.15) is 12.4 Å². The number of anilines is 2. The van der Waals surface area contributed by atoms with Gasteiger partial charge in [-0.15, -0.1) is 0 Å². The van der Waals surface area contributed by atoms with Crippen LogP contribution in [0.1, 0.15) is 31.4 Å². The number of rotatable bonds is 9. The zero-order chi connectivity index (χ0) is 23.0. The second-order valence-corrected chi connectivity index (χ2v) is 8.62. The van der Waals surface area contributed by atoms with E-state index in [1.54, 1.807) is 0 Å². The first-order chi connectivity index (χ1) is 16.1. The second kappa shape index (κ2) is 10.7. The summed E-state index contributed by atoms with van der Waals surface area (Å²) in [6, 6.07) is 30.5. The first-order valence-corrected chi connectivity index (χ1v) is 11.4. The molecule has 4 nitrogen and oxygen atoms in total. The van der Waals surface area contributed by atoms with Crippen LogP contribution in [0.3, 0.4) is 0 Å². The number of ether oxygens (including phenoxy) is 1. The van der Waals surface area contributed by atoms with Gasteiger partial charge in [-0.2, -0.15) is 0 Å². The van der Waals surface area contributed by atoms with E-state index < -0.39 is 0 Å². The normalized spacial score (nSPS) is 10.9. The van der Waals surface area contributed by atoms with Gasteiger partial charge in [-0.1, -0.05) is 80.6 Å². The number of carbonyl (C=O) groups is 1. The van der Waals surface area contributed by atoms with Crippen LogP contribution >= 0.6 is 0 Å². The summed E-state index contributed by atoms with van der Waals surface area (Å²) in [5.74, 6) is 1.23. The summed E-state index contributed by atoms with van der Waals surface area (Å²) < 4.78 is 6.24. The Morgan fingerprint density at radius 2 is 1.61 bits per heavy atom. The molecule has 0 aliphatic carbocycles. The Morgan fingerprint density at radius 3 is 2.42 bits per heavy atom. The molecule has 0 bridgehead atoms. The lowest BCUT2D eigenvalue weighted by Crippen LogP contribution is -2.14. The second-order valence-electron chi connectivity index (χ2n) is 8.62. The van der Waals surface area contributed by atoms with E-state index in [-0.39, 0.29) is 5.91 Å². The van der Waals surface area contributed by atoms with E-state index >= 15 is 0 Å². The van der Waals surface area contributed by atoms with Gasteiger partial charge in [0, 0.05) is 29.9 Å². The predicted molar refractivity (Wildman–Crippen MR) is 137 cm³/mol. The Labute approximate surface area is 195 Å². The summed E-state index contributed by atoms with van der Waals surface area (Å²) in [7, 11) is 0. The molecule has 0 unspecified atom stereocenters. The van der Waals surface area contributed by atoms with Gasteiger partial charge >= 0.3 is 0 Å². The Morgan fingerprint density at radius 1 is 0.848 bits per heavy atom. The molecule has 33 heavy (non-hydrogen) atoms. The molecule has 4 aromatic rings. The van der Waals surface area contributed by atoms with Crippen LogP contribution in [0, 0.1) is 5.92 Å². The number of amides is 1. The summed E-state index contributed by atoms with van der Waals surface area (Å²) >= 11 is 0. The van der Waals surface area contributed by atoms with E-state index in [4.69, 9.17) is 4.74 Å². The SMILES string of the molecule is CC(C)CC(=O)Nc1cccc(NCc2c(OCc3ccccc3)ccc3ccccc23)c1. The molecule has 2 N–H and O–H groups in total. The van der Waals surface area contributed by atoms with Gasteiger partial charge in [0.15, 0.2) is 0 Å². The van der Waals surface area contributed by atoms with Crippen LogP contribution in [0.5, 0.6) is 5.75 Å². The van der Waals surface area contributed by atoms with Crippen LogP contribution in [0.2, 0.25) is 0 Å². The van der Waals surface area contributed by atoms with Crippen LogP contribution in [0.15, 0.2) is 91.0 Å². The van der Waals surface area contributed by atoms with E-state index in [2.05, 4.69) is 47.0 Å². The average Bonchev–Trinajstić information content (AvgIpc) is 2.82. The molecule has 0 aromatic heterocycles. The minimum Gasteiger partial charge on any atom is -0.489 e. The van der Waals surface area contributed by atoms with Crippen LogP contribution in [0.4, 0.5) is 11.4 Å². The number of hydrogen-bond acceptors (Lipinski definition) is 3. The van der Waals surface area contributed by atoms with Crippen molar-refractivity contribution < 1.29 is 9.53 Å². The van der Waals surface area contributed by atoms with Crippen molar-refractivity contribution in [3.63, 3.8) is 0 Å². The molecule has 0 radical (unpaired) electrons. The van der Waals surface area contributed by atoms with E-state index in [1.165, 1.54) is 5.39 Å². The zero-order valence-corrected chi connectivity index (χ0v) is 19.2. The highest BCUT2D eigenvalue weighted by atomic mass is 16.5. The molecule has 4 heteroatoms. The van der Waals surface area contributed by atoms with Gasteiger partial charge in [-0.3, -0.25) is 4.79 Å². The van der Waals surface area contributed by atoms with Gasteiger partial charge in [0.05, 0.1) is 0 Å². The van der Waals surface area contributed by atoms with Gasteiger partial charge in [-0.25, -0.2) is 0 Å². The lowest BCUT2D eigenvalue weighted by Gasteiger charge is -2.16. The lowest BCUT2D eigenvalue weighted by atomic mass is 10.0. The standard InChI is InChI=1S/C29H30N2O2/c1-21(2)17-29(32)31-25-13-8-12-24(18-25)30-19-27-26-14-7-6-11-23(26)15-16-28(27)33-20-22-9-4-3-5-10-22/h3-16,18,21,30H,17,19-20H2,1-2H3,(H,31,32). The third kappa shape index (κ3) is 6.13. The van der Waals surface area contributed by atoms with Gasteiger partial charge in [-0.05, 0) is 46.5 Å². The fourth-order valence-corrected chi connectivity index (χ4v) is 3.85. The fraction of sp³-hybridized carbons (Fsp3) is 0.207. The van der Waals surface area contributed by atoms with Crippen LogP contribution < -0.4 is 15.4 Å². The number of hydrogen-bond donors (Lipinski definition) is 2. The molecule has 0 atom stereocenters. The number of carbonyl (C=O) groups excluding carboxylic acids is 1. The highest BCUT2D eigenvalue weighted by Gasteiger charge is 2.10. The van der Waals surface area contributed by atoms with Crippen LogP contribution in [-0.2, 0) is 17.9 Å². The highest BCUT2D eigenvalue weighted by Crippen LogP contribution is 2.30. The maximum atomic E-state index is 12.1. The Balaban J connectivity index is 1.53. The topological polar surface area (TPSA) is 50.4 Å². The third-order valence-corrected chi connectivity index (χ3v) is 5.44. The van der Waals surface area contributed by atoms with Crippen molar-refractivity contribution in [2.24, 2.45) is 5.92 Å². The Kier molecular flexibility index (Phi) is 7.26. The van der Waals surface area contributed by atoms with Crippen molar-refractivity contribution in [2.75, 3.05) is 10.6 Å². The Bertz CT molecular complexity index is 1220. The summed E-state index contributed by atoms with van der Waals surface area (Å²) in [6.45, 7) is 5.21. The largest absolute Gasteiger partial charge is 0.489 e. The zero-order valence-electron chi connectivity index (χ0n) is 19.2. The Hall–Kier alpha value is -3.79. The molecule has 4 rings (SSSR count). The summed E-state index contributed by atoms with van der Waals surface area (Å²) in [4.78, 5) is 12.1. The summed E-state index contributed by atoms with van der Waals surface area (Å²) in [5, 5.41) is 8.84. The molecule has 0 aliphatic heterocycles. The summed E-state index contributed by atoms with van der Waals surface area (Å²) in [6.07, 6.45) is 0.510. The monoisotopic (exact) mass is 438 g/mol. The summed E-state index contributed by atoms with van der Waals surface area (Å²) in [5.41, 5.74) is 3.98. The third-order valence-electron chi connectivity index (χ3n) is 5.44. The van der Waals surface area contributed by atoms with Gasteiger partial charge < -0.3 is 15.4 Å². The molecule has 0 saturated carbocycles. The molecule has 0 heterocycles. The maximum Gasteiger partial charge on any atom is 0.224 e. The molecule has 0 aliphatic rings. The van der Waals surface area contributed by atoms with E-state index in [0.29, 0.717) is 25.5 Å². The predicted octanol–water partition coefficient (Wildman–Crippen LogP) is 7.02. The highest BCUT2D eigenvalue weighted by molar-refractivity contribution is 5.91. The van der Waals surface area contributed by atoms with E-state index in [1.807, 2.05) is 68.4 Å². The first-order valence-electron chi connectivity index (χ1n) is 11.4. The van der Waals surface area contributed by atoms with Crippen molar-refractivity contribution in [3.8, 4) is 5.75 Å². The van der Waals surface area contributed by atoms with Crippen molar-refractivity contribution in [1.82, 2.24) is 0 Å². The van der Waals surface area contributed by atoms with Gasteiger partial charge in [0.25, 0.3) is 0 Å². The number of nitrogens with one attached hydrogen (secondary N) is 2. The van der Waals surface area contributed by atoms with Gasteiger partial charge in [0.2, 0.25) is 5.91 Å². The molecule has 1 amide bonds. The molecule has 0 spiro atoms. The quantitative estimate of drug-likeness (QED) is 0.295. The van der Waals surface area contributed by atoms with Crippen molar-refractivity contribution >= 4 is 28.1 Å². The van der Waals surface area contributed by atoms with Crippen molar-refractivity contribution in [1.29, 1.82) is 0 Å². The van der Waals surface area contributed by atoms with Crippen molar-refractivity contribution in [2.45, 2.75) is 33.4 Å². The van der Waals surface area contributed by atoms with E-state index in [0.717, 1.165) is 33.6 Å². The number of benzene rings is 4. The molecular weight excluding hydrogens is 408 g/mol. The van der Waals surface area contributed by atoms with Crippen LogP contribution in [-0.4, -0.2) is 5.91 Å². The minimum atomic E-state index is 0.0350. The average molecular weight is 439 g/mol. The fourth-order valence-electron chi connectivity index (χ4n) is 3.85. The minimum absolute atomic E-state index is 0.0350. The van der Waals surface area contributed by atoms with Crippen LogP contribution in [0.25, 0.3) is 10.8 Å². The molecular formula is C29H30N2O2. The smallest absolute Gasteiger partial charge is 0.224 e.